The van der Waals surface area contributed by atoms with Gasteiger partial charge in [0.15, 0.2) is 11.0 Å². The highest BCUT2D eigenvalue weighted by atomic mass is 35.5. The lowest BCUT2D eigenvalue weighted by molar-refractivity contribution is 0.703. The molecule has 0 saturated heterocycles. The van der Waals surface area contributed by atoms with E-state index in [2.05, 4.69) is 22.3 Å². The maximum absolute atomic E-state index is 6.20. The van der Waals surface area contributed by atoms with Gasteiger partial charge in [-0.3, -0.25) is 4.57 Å². The van der Waals surface area contributed by atoms with E-state index in [-0.39, 0.29) is 6.04 Å². The third kappa shape index (κ3) is 3.64. The zero-order valence-corrected chi connectivity index (χ0v) is 15.2. The average Bonchev–Trinajstić information content (AvgIpc) is 3.00. The van der Waals surface area contributed by atoms with Gasteiger partial charge in [0, 0.05) is 10.8 Å². The molecule has 0 bridgehead atoms. The minimum absolute atomic E-state index is 0.220. The highest BCUT2D eigenvalue weighted by Gasteiger charge is 2.18. The second-order valence-electron chi connectivity index (χ2n) is 5.67. The Hall–Kier alpha value is -1.82. The second-order valence-corrected chi connectivity index (χ2v) is 7.05. The van der Waals surface area contributed by atoms with Crippen LogP contribution in [-0.2, 0) is 5.75 Å². The predicted octanol–water partition coefficient (Wildman–Crippen LogP) is 4.54. The van der Waals surface area contributed by atoms with E-state index in [1.165, 1.54) is 5.56 Å². The summed E-state index contributed by atoms with van der Waals surface area (Å²) in [6.07, 6.45) is 0. The number of nitrogens with two attached hydrogens (primary N) is 1. The fraction of sp³-hybridized carbons (Fsp3) is 0.222. The number of aromatic nitrogens is 3. The molecule has 3 rings (SSSR count). The standard InChI is InChI=1S/C18H19ClN4S/c1-12-8-9-15(19)10-16(12)23-17(13(2)20)21-22-18(23)24-11-14-6-4-3-5-7-14/h3-10,13H,11,20H2,1-2H3/t13-/m0/s1. The molecule has 0 spiro atoms. The summed E-state index contributed by atoms with van der Waals surface area (Å²) in [5.74, 6) is 1.55. The molecular weight excluding hydrogens is 340 g/mol. The summed E-state index contributed by atoms with van der Waals surface area (Å²) in [7, 11) is 0. The Labute approximate surface area is 151 Å². The third-order valence-corrected chi connectivity index (χ3v) is 4.92. The molecule has 2 N–H and O–H groups in total. The number of halogens is 1. The first-order valence-electron chi connectivity index (χ1n) is 7.70. The van der Waals surface area contributed by atoms with Crippen LogP contribution in [-0.4, -0.2) is 14.8 Å². The first-order valence-corrected chi connectivity index (χ1v) is 9.07. The van der Waals surface area contributed by atoms with Crippen LogP contribution >= 0.6 is 23.4 Å². The molecule has 0 radical (unpaired) electrons. The average molecular weight is 359 g/mol. The summed E-state index contributed by atoms with van der Waals surface area (Å²) in [5.41, 5.74) is 9.40. The zero-order valence-electron chi connectivity index (χ0n) is 13.6. The van der Waals surface area contributed by atoms with Crippen LogP contribution < -0.4 is 5.73 Å². The summed E-state index contributed by atoms with van der Waals surface area (Å²) in [6.45, 7) is 3.95. The van der Waals surface area contributed by atoms with E-state index in [1.54, 1.807) is 11.8 Å². The molecule has 0 unspecified atom stereocenters. The minimum atomic E-state index is -0.220. The number of nitrogens with zero attached hydrogens (tertiary/aromatic N) is 3. The van der Waals surface area contributed by atoms with Crippen molar-refractivity contribution in [1.29, 1.82) is 0 Å². The topological polar surface area (TPSA) is 56.7 Å². The lowest BCUT2D eigenvalue weighted by Crippen LogP contribution is -2.13. The molecule has 0 saturated carbocycles. The van der Waals surface area contributed by atoms with Crippen molar-refractivity contribution in [3.63, 3.8) is 0 Å². The molecule has 3 aromatic rings. The van der Waals surface area contributed by atoms with Crippen molar-refractivity contribution in [2.24, 2.45) is 5.73 Å². The molecule has 2 aromatic carbocycles. The van der Waals surface area contributed by atoms with Gasteiger partial charge in [-0.1, -0.05) is 59.8 Å². The molecule has 124 valence electrons. The molecule has 0 aliphatic heterocycles. The molecular formula is C18H19ClN4S. The molecule has 4 nitrogen and oxygen atoms in total. The third-order valence-electron chi connectivity index (χ3n) is 3.69. The summed E-state index contributed by atoms with van der Waals surface area (Å²) in [4.78, 5) is 0. The highest BCUT2D eigenvalue weighted by molar-refractivity contribution is 7.98. The van der Waals surface area contributed by atoms with Gasteiger partial charge in [0.25, 0.3) is 0 Å². The SMILES string of the molecule is Cc1ccc(Cl)cc1-n1c(SCc2ccccc2)nnc1[C@H](C)N. The predicted molar refractivity (Wildman–Crippen MR) is 99.7 cm³/mol. The molecule has 6 heteroatoms. The number of hydrogen-bond donors (Lipinski definition) is 1. The van der Waals surface area contributed by atoms with E-state index in [9.17, 15) is 0 Å². The van der Waals surface area contributed by atoms with Gasteiger partial charge >= 0.3 is 0 Å². The summed E-state index contributed by atoms with van der Waals surface area (Å²) < 4.78 is 2.01. The molecule has 1 atom stereocenters. The molecule has 0 aliphatic rings. The van der Waals surface area contributed by atoms with Gasteiger partial charge in [-0.05, 0) is 37.1 Å². The van der Waals surface area contributed by atoms with E-state index in [1.807, 2.05) is 54.8 Å². The van der Waals surface area contributed by atoms with E-state index >= 15 is 0 Å². The first-order chi connectivity index (χ1) is 11.6. The van der Waals surface area contributed by atoms with Crippen molar-refractivity contribution >= 4 is 23.4 Å². The molecule has 0 fully saturated rings. The van der Waals surface area contributed by atoms with Crippen LogP contribution in [0.1, 0.15) is 29.9 Å². The Morgan fingerprint density at radius 3 is 2.62 bits per heavy atom. The van der Waals surface area contributed by atoms with Crippen LogP contribution in [0.3, 0.4) is 0 Å². The van der Waals surface area contributed by atoms with Gasteiger partial charge in [-0.2, -0.15) is 0 Å². The number of rotatable bonds is 5. The van der Waals surface area contributed by atoms with Crippen molar-refractivity contribution in [1.82, 2.24) is 14.8 Å². The molecule has 1 heterocycles. The summed E-state index contributed by atoms with van der Waals surface area (Å²) in [6, 6.07) is 15.9. The number of benzene rings is 2. The Kier molecular flexibility index (Phi) is 5.23. The fourth-order valence-corrected chi connectivity index (χ4v) is 3.52. The van der Waals surface area contributed by atoms with Crippen LogP contribution in [0.5, 0.6) is 0 Å². The van der Waals surface area contributed by atoms with Gasteiger partial charge in [-0.15, -0.1) is 10.2 Å². The van der Waals surface area contributed by atoms with Crippen LogP contribution in [0.25, 0.3) is 5.69 Å². The van der Waals surface area contributed by atoms with Crippen molar-refractivity contribution in [3.8, 4) is 5.69 Å². The normalized spacial score (nSPS) is 12.3. The van der Waals surface area contributed by atoms with Crippen LogP contribution in [0.15, 0.2) is 53.7 Å². The van der Waals surface area contributed by atoms with Gasteiger partial charge < -0.3 is 5.73 Å². The van der Waals surface area contributed by atoms with E-state index in [0.29, 0.717) is 5.02 Å². The fourth-order valence-electron chi connectivity index (χ4n) is 2.44. The van der Waals surface area contributed by atoms with Gasteiger partial charge in [0.05, 0.1) is 11.7 Å². The van der Waals surface area contributed by atoms with Crippen molar-refractivity contribution in [2.45, 2.75) is 30.8 Å². The van der Waals surface area contributed by atoms with Crippen LogP contribution in [0.4, 0.5) is 0 Å². The smallest absolute Gasteiger partial charge is 0.196 e. The second kappa shape index (κ2) is 7.38. The quantitative estimate of drug-likeness (QED) is 0.680. The lowest BCUT2D eigenvalue weighted by atomic mass is 10.2. The first kappa shape index (κ1) is 17.0. The number of hydrogen-bond acceptors (Lipinski definition) is 4. The van der Waals surface area contributed by atoms with Crippen LogP contribution in [0.2, 0.25) is 5.02 Å². The molecule has 24 heavy (non-hydrogen) atoms. The van der Waals surface area contributed by atoms with E-state index in [4.69, 9.17) is 17.3 Å². The zero-order chi connectivity index (χ0) is 17.1. The summed E-state index contributed by atoms with van der Waals surface area (Å²) in [5, 5.41) is 10.1. The van der Waals surface area contributed by atoms with Crippen molar-refractivity contribution in [2.75, 3.05) is 0 Å². The number of aryl methyl sites for hydroxylation is 1. The van der Waals surface area contributed by atoms with Gasteiger partial charge in [-0.25, -0.2) is 0 Å². The van der Waals surface area contributed by atoms with E-state index < -0.39 is 0 Å². The summed E-state index contributed by atoms with van der Waals surface area (Å²) >= 11 is 7.84. The molecule has 1 aromatic heterocycles. The Bertz CT molecular complexity index is 830. The molecule has 0 aliphatic carbocycles. The van der Waals surface area contributed by atoms with Crippen LogP contribution in [0, 0.1) is 6.92 Å². The maximum atomic E-state index is 6.20. The maximum Gasteiger partial charge on any atom is 0.196 e. The van der Waals surface area contributed by atoms with E-state index in [0.717, 1.165) is 28.0 Å². The van der Waals surface area contributed by atoms with Gasteiger partial charge in [0.2, 0.25) is 0 Å². The lowest BCUT2D eigenvalue weighted by Gasteiger charge is -2.14. The van der Waals surface area contributed by atoms with Crippen molar-refractivity contribution < 1.29 is 0 Å². The number of thioether (sulfide) groups is 1. The largest absolute Gasteiger partial charge is 0.322 e. The van der Waals surface area contributed by atoms with Crippen molar-refractivity contribution in [3.05, 3.63) is 70.5 Å². The Morgan fingerprint density at radius 1 is 1.17 bits per heavy atom. The minimum Gasteiger partial charge on any atom is -0.322 e. The Balaban J connectivity index is 2.00. The van der Waals surface area contributed by atoms with Gasteiger partial charge in [0.1, 0.15) is 0 Å². The highest BCUT2D eigenvalue weighted by Crippen LogP contribution is 2.29. The Morgan fingerprint density at radius 2 is 1.92 bits per heavy atom. The molecule has 0 amide bonds. The monoisotopic (exact) mass is 358 g/mol.